The van der Waals surface area contributed by atoms with Gasteiger partial charge in [0.2, 0.25) is 0 Å². The van der Waals surface area contributed by atoms with Crippen LogP contribution in [-0.4, -0.2) is 7.05 Å². The molecule has 0 aliphatic heterocycles. The monoisotopic (exact) mass is 271 g/mol. The molecule has 1 atom stereocenters. The third kappa shape index (κ3) is 2.44. The van der Waals surface area contributed by atoms with Crippen molar-refractivity contribution in [2.75, 3.05) is 7.05 Å². The van der Waals surface area contributed by atoms with E-state index in [1.165, 1.54) is 0 Å². The molecule has 2 nitrogen and oxygen atoms in total. The summed E-state index contributed by atoms with van der Waals surface area (Å²) in [6.45, 7) is 2.15. The predicted octanol–water partition coefficient (Wildman–Crippen LogP) is 4.80. The molecule has 0 bridgehead atoms. The van der Waals surface area contributed by atoms with Crippen molar-refractivity contribution in [3.8, 4) is 0 Å². The Morgan fingerprint density at radius 3 is 2.59 bits per heavy atom. The molecule has 0 spiro atoms. The van der Waals surface area contributed by atoms with Crippen LogP contribution in [0.4, 0.5) is 0 Å². The van der Waals surface area contributed by atoms with E-state index in [0.29, 0.717) is 15.6 Å². The number of benzene rings is 1. The summed E-state index contributed by atoms with van der Waals surface area (Å²) in [5, 5.41) is 5.39. The van der Waals surface area contributed by atoms with Gasteiger partial charge in [-0.1, -0.05) is 36.5 Å². The van der Waals surface area contributed by atoms with Crippen molar-refractivity contribution in [1.29, 1.82) is 0 Å². The minimum atomic E-state index is 0.208. The molecule has 0 saturated carbocycles. The van der Waals surface area contributed by atoms with Crippen molar-refractivity contribution in [3.05, 3.63) is 34.0 Å². The molecule has 1 heterocycles. The molecule has 4 heteroatoms. The Morgan fingerprint density at radius 1 is 1.29 bits per heavy atom. The standard InChI is InChI=1S/C13H15Cl2NO/c1-3-4-11(16-2)12-7-8-9(14)5-6-10(15)13(8)17-12/h5-7,11,16H,3-4H2,1-2H3. The van der Waals surface area contributed by atoms with Gasteiger partial charge in [-0.05, 0) is 31.7 Å². The first-order chi connectivity index (χ1) is 8.17. The number of furan rings is 1. The van der Waals surface area contributed by atoms with Crippen LogP contribution in [-0.2, 0) is 0 Å². The van der Waals surface area contributed by atoms with E-state index in [2.05, 4.69) is 12.2 Å². The second-order valence-corrected chi connectivity index (χ2v) is 4.87. The van der Waals surface area contributed by atoms with Gasteiger partial charge >= 0.3 is 0 Å². The number of rotatable bonds is 4. The second-order valence-electron chi connectivity index (χ2n) is 4.05. The molecule has 0 amide bonds. The zero-order chi connectivity index (χ0) is 12.4. The Balaban J connectivity index is 2.50. The molecule has 2 aromatic rings. The SMILES string of the molecule is CCCC(NC)c1cc2c(Cl)ccc(Cl)c2o1. The normalized spacial score (nSPS) is 13.2. The van der Waals surface area contributed by atoms with Gasteiger partial charge in [-0.25, -0.2) is 0 Å². The van der Waals surface area contributed by atoms with Crippen LogP contribution in [0.2, 0.25) is 10.0 Å². The summed E-state index contributed by atoms with van der Waals surface area (Å²) in [5.74, 6) is 0.888. The highest BCUT2D eigenvalue weighted by Gasteiger charge is 2.16. The van der Waals surface area contributed by atoms with Crippen LogP contribution in [0.25, 0.3) is 11.0 Å². The summed E-state index contributed by atoms with van der Waals surface area (Å²) in [6.07, 6.45) is 2.11. The Bertz CT molecular complexity index is 482. The van der Waals surface area contributed by atoms with Crippen LogP contribution in [0.15, 0.2) is 22.6 Å². The highest BCUT2D eigenvalue weighted by atomic mass is 35.5. The molecule has 92 valence electrons. The van der Waals surface area contributed by atoms with Gasteiger partial charge < -0.3 is 9.73 Å². The number of nitrogens with one attached hydrogen (secondary N) is 1. The first-order valence-corrected chi connectivity index (χ1v) is 6.47. The molecule has 0 aliphatic rings. The fraction of sp³-hybridized carbons (Fsp3) is 0.385. The summed E-state index contributed by atoms with van der Waals surface area (Å²) in [4.78, 5) is 0. The maximum atomic E-state index is 6.13. The minimum Gasteiger partial charge on any atom is -0.458 e. The highest BCUT2D eigenvalue weighted by molar-refractivity contribution is 6.39. The van der Waals surface area contributed by atoms with Crippen LogP contribution in [0.1, 0.15) is 31.6 Å². The maximum absolute atomic E-state index is 6.13. The maximum Gasteiger partial charge on any atom is 0.154 e. The molecular weight excluding hydrogens is 257 g/mol. The summed E-state index contributed by atoms with van der Waals surface area (Å²) in [7, 11) is 1.93. The van der Waals surface area contributed by atoms with Gasteiger partial charge in [0.05, 0.1) is 16.1 Å². The van der Waals surface area contributed by atoms with E-state index < -0.39 is 0 Å². The van der Waals surface area contributed by atoms with Crippen molar-refractivity contribution in [1.82, 2.24) is 5.32 Å². The molecule has 2 rings (SSSR count). The zero-order valence-electron chi connectivity index (χ0n) is 9.89. The zero-order valence-corrected chi connectivity index (χ0v) is 11.4. The highest BCUT2D eigenvalue weighted by Crippen LogP contribution is 2.35. The van der Waals surface area contributed by atoms with Crippen molar-refractivity contribution >= 4 is 34.2 Å². The average Bonchev–Trinajstić information content (AvgIpc) is 2.77. The van der Waals surface area contributed by atoms with Gasteiger partial charge in [0.1, 0.15) is 5.76 Å². The molecule has 0 saturated heterocycles. The van der Waals surface area contributed by atoms with Gasteiger partial charge in [-0.3, -0.25) is 0 Å². The summed E-state index contributed by atoms with van der Waals surface area (Å²) in [6, 6.07) is 5.73. The third-order valence-corrected chi connectivity index (χ3v) is 3.50. The van der Waals surface area contributed by atoms with Gasteiger partial charge in [0.25, 0.3) is 0 Å². The molecule has 1 N–H and O–H groups in total. The minimum absolute atomic E-state index is 0.208. The molecule has 1 aromatic heterocycles. The average molecular weight is 272 g/mol. The van der Waals surface area contributed by atoms with Crippen molar-refractivity contribution in [3.63, 3.8) is 0 Å². The Hall–Kier alpha value is -0.700. The van der Waals surface area contributed by atoms with Crippen LogP contribution < -0.4 is 5.32 Å². The molecule has 1 unspecified atom stereocenters. The smallest absolute Gasteiger partial charge is 0.154 e. The molecule has 0 aliphatic carbocycles. The van der Waals surface area contributed by atoms with E-state index in [-0.39, 0.29) is 6.04 Å². The van der Waals surface area contributed by atoms with Gasteiger partial charge in [-0.2, -0.15) is 0 Å². The van der Waals surface area contributed by atoms with Gasteiger partial charge in [0.15, 0.2) is 5.58 Å². The van der Waals surface area contributed by atoms with Gasteiger partial charge in [-0.15, -0.1) is 0 Å². The number of hydrogen-bond acceptors (Lipinski definition) is 2. The topological polar surface area (TPSA) is 25.2 Å². The number of fused-ring (bicyclic) bond motifs is 1. The van der Waals surface area contributed by atoms with Gasteiger partial charge in [0, 0.05) is 5.39 Å². The van der Waals surface area contributed by atoms with Crippen LogP contribution in [0, 0.1) is 0 Å². The predicted molar refractivity (Wildman–Crippen MR) is 72.9 cm³/mol. The first-order valence-electron chi connectivity index (χ1n) is 5.72. The number of halogens is 2. The Morgan fingerprint density at radius 2 is 2.00 bits per heavy atom. The van der Waals surface area contributed by atoms with Crippen LogP contribution >= 0.6 is 23.2 Å². The second kappa shape index (κ2) is 5.30. The third-order valence-electron chi connectivity index (χ3n) is 2.87. The molecule has 1 aromatic carbocycles. The summed E-state index contributed by atoms with van der Waals surface area (Å²) in [5.41, 5.74) is 0.672. The Kier molecular flexibility index (Phi) is 3.97. The van der Waals surface area contributed by atoms with Crippen molar-refractivity contribution in [2.45, 2.75) is 25.8 Å². The van der Waals surface area contributed by atoms with Crippen molar-refractivity contribution in [2.24, 2.45) is 0 Å². The fourth-order valence-electron chi connectivity index (χ4n) is 1.97. The van der Waals surface area contributed by atoms with E-state index in [1.807, 2.05) is 13.1 Å². The molecule has 17 heavy (non-hydrogen) atoms. The summed E-state index contributed by atoms with van der Waals surface area (Å²) < 4.78 is 5.81. The lowest BCUT2D eigenvalue weighted by Crippen LogP contribution is -2.15. The lowest BCUT2D eigenvalue weighted by atomic mass is 10.1. The molecule has 0 fully saturated rings. The van der Waals surface area contributed by atoms with E-state index in [4.69, 9.17) is 27.6 Å². The van der Waals surface area contributed by atoms with Crippen LogP contribution in [0.5, 0.6) is 0 Å². The largest absolute Gasteiger partial charge is 0.458 e. The number of hydrogen-bond donors (Lipinski definition) is 1. The lowest BCUT2D eigenvalue weighted by Gasteiger charge is -2.11. The molecular formula is C13H15Cl2NO. The van der Waals surface area contributed by atoms with E-state index in [9.17, 15) is 0 Å². The van der Waals surface area contributed by atoms with Crippen LogP contribution in [0.3, 0.4) is 0 Å². The quantitative estimate of drug-likeness (QED) is 0.864. The summed E-state index contributed by atoms with van der Waals surface area (Å²) >= 11 is 12.2. The van der Waals surface area contributed by atoms with E-state index in [0.717, 1.165) is 24.0 Å². The van der Waals surface area contributed by atoms with Crippen molar-refractivity contribution < 1.29 is 4.42 Å². The lowest BCUT2D eigenvalue weighted by molar-refractivity contribution is 0.430. The van der Waals surface area contributed by atoms with E-state index in [1.54, 1.807) is 12.1 Å². The van der Waals surface area contributed by atoms with E-state index >= 15 is 0 Å². The Labute approximate surface area is 111 Å². The fourth-order valence-corrected chi connectivity index (χ4v) is 2.37. The first kappa shape index (κ1) is 12.7. The molecule has 0 radical (unpaired) electrons.